The van der Waals surface area contributed by atoms with Crippen molar-refractivity contribution in [3.05, 3.63) is 77.0 Å². The summed E-state index contributed by atoms with van der Waals surface area (Å²) in [4.78, 5) is 2.12. The van der Waals surface area contributed by atoms with Crippen LogP contribution in [0.4, 0.5) is 5.69 Å². The van der Waals surface area contributed by atoms with Gasteiger partial charge in [0.1, 0.15) is 11.4 Å². The maximum absolute atomic E-state index is 10.5. The highest BCUT2D eigenvalue weighted by molar-refractivity contribution is 5.67. The molecule has 1 aliphatic rings. The molecule has 0 saturated carbocycles. The Hall–Kier alpha value is -3.31. The molecular weight excluding hydrogens is 392 g/mol. The molecule has 0 aliphatic carbocycles. The molecule has 2 aromatic rings. The maximum atomic E-state index is 10.5. The second-order valence-electron chi connectivity index (χ2n) is 7.94. The fourth-order valence-electron chi connectivity index (χ4n) is 3.44. The minimum absolute atomic E-state index is 0.150. The molecule has 0 fully saturated rings. The van der Waals surface area contributed by atoms with Crippen molar-refractivity contribution in [2.75, 3.05) is 25.0 Å². The van der Waals surface area contributed by atoms with Crippen LogP contribution in [0.15, 0.2) is 60.3 Å². The number of anilines is 1. The Balaban J connectivity index is 1.65. The SMILES string of the molecule is C[C@@](O)(CO)C1=CCCN(Cc2ccc(/C(N)=C/Nc3ccc(C#N)cc3)cc2O)C1. The number of rotatable bonds is 7. The number of aliphatic hydroxyl groups excluding tert-OH is 1. The van der Waals surface area contributed by atoms with Gasteiger partial charge in [0.25, 0.3) is 0 Å². The van der Waals surface area contributed by atoms with Gasteiger partial charge in [-0.2, -0.15) is 5.26 Å². The molecule has 0 radical (unpaired) electrons. The van der Waals surface area contributed by atoms with E-state index in [9.17, 15) is 15.3 Å². The van der Waals surface area contributed by atoms with Crippen LogP contribution in [0.2, 0.25) is 0 Å². The number of hydrogen-bond acceptors (Lipinski definition) is 7. The van der Waals surface area contributed by atoms with Gasteiger partial charge in [-0.25, -0.2) is 0 Å². The molecule has 1 atom stereocenters. The Labute approximate surface area is 182 Å². The normalized spacial score (nSPS) is 16.8. The van der Waals surface area contributed by atoms with Crippen molar-refractivity contribution in [1.82, 2.24) is 4.90 Å². The summed E-state index contributed by atoms with van der Waals surface area (Å²) in [5.74, 6) is 0.150. The molecule has 7 nitrogen and oxygen atoms in total. The molecule has 0 unspecified atom stereocenters. The lowest BCUT2D eigenvalue weighted by atomic mass is 9.92. The lowest BCUT2D eigenvalue weighted by Crippen LogP contribution is -2.40. The highest BCUT2D eigenvalue weighted by Crippen LogP contribution is 2.27. The lowest BCUT2D eigenvalue weighted by Gasteiger charge is -2.33. The number of nitrogens with zero attached hydrogens (tertiary/aromatic N) is 2. The van der Waals surface area contributed by atoms with E-state index in [0.29, 0.717) is 29.9 Å². The summed E-state index contributed by atoms with van der Waals surface area (Å²) >= 11 is 0. The Morgan fingerprint density at radius 2 is 2.03 bits per heavy atom. The summed E-state index contributed by atoms with van der Waals surface area (Å²) in [5, 5.41) is 42.2. The lowest BCUT2D eigenvalue weighted by molar-refractivity contribution is 0.0247. The van der Waals surface area contributed by atoms with Crippen LogP contribution in [0.1, 0.15) is 30.0 Å². The summed E-state index contributed by atoms with van der Waals surface area (Å²) in [7, 11) is 0. The van der Waals surface area contributed by atoms with Crippen LogP contribution in [0.5, 0.6) is 5.75 Å². The van der Waals surface area contributed by atoms with Gasteiger partial charge in [-0.15, -0.1) is 0 Å². The van der Waals surface area contributed by atoms with E-state index in [1.54, 1.807) is 43.5 Å². The third kappa shape index (κ3) is 5.64. The first kappa shape index (κ1) is 22.4. The Morgan fingerprint density at radius 3 is 2.68 bits per heavy atom. The van der Waals surface area contributed by atoms with E-state index in [4.69, 9.17) is 11.0 Å². The molecule has 0 spiro atoms. The minimum atomic E-state index is -1.23. The minimum Gasteiger partial charge on any atom is -0.508 e. The first-order valence-corrected chi connectivity index (χ1v) is 10.1. The van der Waals surface area contributed by atoms with Crippen molar-refractivity contribution in [1.29, 1.82) is 5.26 Å². The molecule has 0 saturated heterocycles. The number of nitrogens with one attached hydrogen (secondary N) is 1. The second kappa shape index (κ2) is 9.67. The molecule has 0 bridgehead atoms. The number of phenols is 1. The van der Waals surface area contributed by atoms with Gasteiger partial charge in [-0.3, -0.25) is 4.90 Å². The van der Waals surface area contributed by atoms with Gasteiger partial charge in [0.2, 0.25) is 0 Å². The Bertz CT molecular complexity index is 1020. The summed E-state index contributed by atoms with van der Waals surface area (Å²) in [5.41, 5.74) is 9.01. The van der Waals surface area contributed by atoms with E-state index in [2.05, 4.69) is 16.3 Å². The summed E-state index contributed by atoms with van der Waals surface area (Å²) < 4.78 is 0. The van der Waals surface area contributed by atoms with Gasteiger partial charge in [0.05, 0.1) is 23.9 Å². The zero-order valence-electron chi connectivity index (χ0n) is 17.5. The molecule has 6 N–H and O–H groups in total. The zero-order chi connectivity index (χ0) is 22.4. The van der Waals surface area contributed by atoms with Crippen molar-refractivity contribution in [3.8, 4) is 11.8 Å². The molecule has 7 heteroatoms. The number of nitrogens with two attached hydrogens (primary N) is 1. The number of phenolic OH excluding ortho intramolecular Hbond substituents is 1. The Kier molecular flexibility index (Phi) is 6.98. The van der Waals surface area contributed by atoms with Gasteiger partial charge in [0, 0.05) is 42.6 Å². The second-order valence-corrected chi connectivity index (χ2v) is 7.94. The first-order chi connectivity index (χ1) is 14.8. The van der Waals surface area contributed by atoms with E-state index in [1.165, 1.54) is 0 Å². The fraction of sp³-hybridized carbons (Fsp3) is 0.292. The molecule has 2 aromatic carbocycles. The first-order valence-electron chi connectivity index (χ1n) is 10.1. The molecule has 0 aromatic heterocycles. The van der Waals surface area contributed by atoms with E-state index in [-0.39, 0.29) is 12.4 Å². The Morgan fingerprint density at radius 1 is 1.29 bits per heavy atom. The number of benzene rings is 2. The third-order valence-electron chi connectivity index (χ3n) is 5.45. The van der Waals surface area contributed by atoms with E-state index >= 15 is 0 Å². The van der Waals surface area contributed by atoms with E-state index in [0.717, 1.165) is 29.8 Å². The largest absolute Gasteiger partial charge is 0.508 e. The van der Waals surface area contributed by atoms with Gasteiger partial charge >= 0.3 is 0 Å². The highest BCUT2D eigenvalue weighted by atomic mass is 16.3. The van der Waals surface area contributed by atoms with Crippen molar-refractivity contribution < 1.29 is 15.3 Å². The van der Waals surface area contributed by atoms with Crippen molar-refractivity contribution in [3.63, 3.8) is 0 Å². The topological polar surface area (TPSA) is 126 Å². The summed E-state index contributed by atoms with van der Waals surface area (Å²) in [6.07, 6.45) is 4.40. The molecule has 162 valence electrons. The summed E-state index contributed by atoms with van der Waals surface area (Å²) in [6, 6.07) is 14.4. The van der Waals surface area contributed by atoms with Gasteiger partial charge < -0.3 is 26.4 Å². The van der Waals surface area contributed by atoms with Crippen LogP contribution in [0.25, 0.3) is 5.70 Å². The van der Waals surface area contributed by atoms with Crippen LogP contribution in [-0.4, -0.2) is 45.5 Å². The maximum Gasteiger partial charge on any atom is 0.120 e. The van der Waals surface area contributed by atoms with Gasteiger partial charge in [-0.1, -0.05) is 18.2 Å². The van der Waals surface area contributed by atoms with E-state index < -0.39 is 5.60 Å². The highest BCUT2D eigenvalue weighted by Gasteiger charge is 2.28. The number of nitriles is 1. The monoisotopic (exact) mass is 420 g/mol. The summed E-state index contributed by atoms with van der Waals surface area (Å²) in [6.45, 7) is 3.15. The molecule has 1 aliphatic heterocycles. The van der Waals surface area contributed by atoms with E-state index in [1.807, 2.05) is 18.2 Å². The smallest absolute Gasteiger partial charge is 0.120 e. The zero-order valence-corrected chi connectivity index (χ0v) is 17.5. The van der Waals surface area contributed by atoms with Crippen molar-refractivity contribution >= 4 is 11.4 Å². The molecular formula is C24H28N4O3. The average Bonchev–Trinajstić information content (AvgIpc) is 2.79. The van der Waals surface area contributed by atoms with Gasteiger partial charge in [0.15, 0.2) is 0 Å². The van der Waals surface area contributed by atoms with Crippen LogP contribution in [0.3, 0.4) is 0 Å². The van der Waals surface area contributed by atoms with Crippen LogP contribution < -0.4 is 11.1 Å². The number of aliphatic hydroxyl groups is 2. The molecule has 1 heterocycles. The average molecular weight is 421 g/mol. The van der Waals surface area contributed by atoms with Crippen molar-refractivity contribution in [2.45, 2.75) is 25.5 Å². The fourth-order valence-corrected chi connectivity index (χ4v) is 3.44. The van der Waals surface area contributed by atoms with Gasteiger partial charge in [-0.05, 0) is 49.2 Å². The number of aromatic hydroxyl groups is 1. The number of hydrogen-bond donors (Lipinski definition) is 5. The quantitative estimate of drug-likeness (QED) is 0.436. The standard InChI is InChI=1S/C24H28N4O3/c1-24(31,16-29)20-3-2-10-28(15-20)14-19-7-6-18(11-23(19)30)22(26)13-27-21-8-4-17(12-25)5-9-21/h3-9,11,13,27,29-31H,2,10,14-16,26H2,1H3/b22-13-/t24-/m1/s1. The molecule has 3 rings (SSSR count). The third-order valence-corrected chi connectivity index (χ3v) is 5.45. The predicted octanol–water partition coefficient (Wildman–Crippen LogP) is 2.51. The van der Waals surface area contributed by atoms with Crippen molar-refractivity contribution in [2.24, 2.45) is 5.73 Å². The van der Waals surface area contributed by atoms with Crippen LogP contribution >= 0.6 is 0 Å². The van der Waals surface area contributed by atoms with Crippen LogP contribution in [0, 0.1) is 11.3 Å². The van der Waals surface area contributed by atoms with Crippen LogP contribution in [-0.2, 0) is 6.54 Å². The molecule has 0 amide bonds. The predicted molar refractivity (Wildman–Crippen MR) is 121 cm³/mol. The molecule has 31 heavy (non-hydrogen) atoms.